The lowest BCUT2D eigenvalue weighted by atomic mass is 10.1. The molecular weight excluding hydrogens is 216 g/mol. The Morgan fingerprint density at radius 1 is 1.35 bits per heavy atom. The normalized spacial score (nSPS) is 12.1. The first-order chi connectivity index (χ1) is 8.29. The summed E-state index contributed by atoms with van der Waals surface area (Å²) in [4.78, 5) is 7.85. The van der Waals surface area contributed by atoms with E-state index in [1.54, 1.807) is 19.4 Å². The zero-order valence-electron chi connectivity index (χ0n) is 9.58. The number of aliphatic hydroxyl groups is 1. The molecule has 0 aliphatic carbocycles. The van der Waals surface area contributed by atoms with Crippen molar-refractivity contribution in [3.05, 3.63) is 54.1 Å². The maximum atomic E-state index is 10.0. The summed E-state index contributed by atoms with van der Waals surface area (Å²) in [5.41, 5.74) is 1.64. The van der Waals surface area contributed by atoms with Crippen molar-refractivity contribution in [2.24, 2.45) is 0 Å². The second kappa shape index (κ2) is 5.41. The van der Waals surface area contributed by atoms with Crippen LogP contribution in [0.15, 0.2) is 42.9 Å². The monoisotopic (exact) mass is 230 g/mol. The highest BCUT2D eigenvalue weighted by atomic mass is 16.5. The van der Waals surface area contributed by atoms with Crippen LogP contribution >= 0.6 is 0 Å². The lowest BCUT2D eigenvalue weighted by molar-refractivity contribution is 0.173. The lowest BCUT2D eigenvalue weighted by Gasteiger charge is -2.10. The maximum absolute atomic E-state index is 10.0. The molecule has 1 aromatic heterocycles. The minimum atomic E-state index is -0.620. The molecule has 0 spiro atoms. The molecule has 0 aliphatic heterocycles. The molecule has 1 atom stereocenters. The lowest BCUT2D eigenvalue weighted by Crippen LogP contribution is -2.04. The number of aromatic nitrogens is 2. The van der Waals surface area contributed by atoms with Gasteiger partial charge in [-0.25, -0.2) is 9.97 Å². The van der Waals surface area contributed by atoms with Crippen molar-refractivity contribution < 1.29 is 9.84 Å². The fraction of sp³-hybridized carbons (Fsp3) is 0.231. The van der Waals surface area contributed by atoms with Gasteiger partial charge in [0.15, 0.2) is 0 Å². The van der Waals surface area contributed by atoms with E-state index >= 15 is 0 Å². The predicted octanol–water partition coefficient (Wildman–Crippen LogP) is 1.76. The molecule has 4 nitrogen and oxygen atoms in total. The average molecular weight is 230 g/mol. The summed E-state index contributed by atoms with van der Waals surface area (Å²) in [6, 6.07) is 9.35. The Hall–Kier alpha value is -1.94. The molecule has 0 saturated heterocycles. The predicted molar refractivity (Wildman–Crippen MR) is 63.7 cm³/mol. The van der Waals surface area contributed by atoms with Crippen molar-refractivity contribution in [3.63, 3.8) is 0 Å². The molecule has 0 radical (unpaired) electrons. The van der Waals surface area contributed by atoms with Gasteiger partial charge in [-0.3, -0.25) is 0 Å². The number of hydrogen-bond donors (Lipinski definition) is 1. The molecule has 0 bridgehead atoms. The molecule has 0 amide bonds. The Bertz CT molecular complexity index is 474. The molecule has 1 heterocycles. The zero-order valence-corrected chi connectivity index (χ0v) is 9.58. The molecule has 2 aromatic rings. The van der Waals surface area contributed by atoms with Crippen LogP contribution < -0.4 is 4.74 Å². The topological polar surface area (TPSA) is 55.2 Å². The Labute approximate surface area is 99.9 Å². The summed E-state index contributed by atoms with van der Waals surface area (Å²) in [6.45, 7) is 0. The van der Waals surface area contributed by atoms with E-state index in [1.165, 1.54) is 6.33 Å². The summed E-state index contributed by atoms with van der Waals surface area (Å²) in [6.07, 6.45) is 2.94. The van der Waals surface area contributed by atoms with Crippen molar-refractivity contribution in [2.75, 3.05) is 7.11 Å². The standard InChI is InChI=1S/C13H14N2O2/c1-17-11-4-2-3-10(7-11)8-13(16)12-5-6-14-9-15-12/h2-7,9,13,16H,8H2,1H3. The van der Waals surface area contributed by atoms with Crippen LogP contribution in [0.3, 0.4) is 0 Å². The minimum Gasteiger partial charge on any atom is -0.497 e. The molecule has 0 fully saturated rings. The van der Waals surface area contributed by atoms with Gasteiger partial charge in [-0.05, 0) is 23.8 Å². The zero-order chi connectivity index (χ0) is 12.1. The van der Waals surface area contributed by atoms with Crippen LogP contribution in [-0.4, -0.2) is 22.2 Å². The third-order valence-electron chi connectivity index (χ3n) is 2.51. The van der Waals surface area contributed by atoms with Gasteiger partial charge >= 0.3 is 0 Å². The first kappa shape index (κ1) is 11.5. The molecule has 1 unspecified atom stereocenters. The van der Waals surface area contributed by atoms with Crippen molar-refractivity contribution in [1.29, 1.82) is 0 Å². The van der Waals surface area contributed by atoms with E-state index in [9.17, 15) is 5.11 Å². The van der Waals surface area contributed by atoms with E-state index in [0.29, 0.717) is 12.1 Å². The number of hydrogen-bond acceptors (Lipinski definition) is 4. The maximum Gasteiger partial charge on any atom is 0.119 e. The SMILES string of the molecule is COc1cccc(CC(O)c2ccncn2)c1. The highest BCUT2D eigenvalue weighted by Crippen LogP contribution is 2.19. The first-order valence-corrected chi connectivity index (χ1v) is 5.36. The van der Waals surface area contributed by atoms with Crippen LogP contribution in [0.5, 0.6) is 5.75 Å². The summed E-state index contributed by atoms with van der Waals surface area (Å²) in [7, 11) is 1.62. The van der Waals surface area contributed by atoms with Crippen molar-refractivity contribution in [3.8, 4) is 5.75 Å². The quantitative estimate of drug-likeness (QED) is 0.869. The summed E-state index contributed by atoms with van der Waals surface area (Å²) in [5, 5.41) is 10.0. The largest absolute Gasteiger partial charge is 0.497 e. The molecule has 0 aliphatic rings. The third kappa shape index (κ3) is 3.01. The van der Waals surface area contributed by atoms with Crippen LogP contribution in [0.25, 0.3) is 0 Å². The summed E-state index contributed by atoms with van der Waals surface area (Å²) < 4.78 is 5.13. The van der Waals surface area contributed by atoms with Gasteiger partial charge in [0.1, 0.15) is 18.2 Å². The van der Waals surface area contributed by atoms with Gasteiger partial charge in [0, 0.05) is 12.6 Å². The van der Waals surface area contributed by atoms with E-state index in [2.05, 4.69) is 9.97 Å². The molecular formula is C13H14N2O2. The van der Waals surface area contributed by atoms with Crippen LogP contribution in [0.4, 0.5) is 0 Å². The van der Waals surface area contributed by atoms with Crippen LogP contribution in [0.2, 0.25) is 0 Å². The number of ether oxygens (including phenoxy) is 1. The Balaban J connectivity index is 2.10. The van der Waals surface area contributed by atoms with E-state index in [1.807, 2.05) is 24.3 Å². The molecule has 4 heteroatoms. The van der Waals surface area contributed by atoms with E-state index in [-0.39, 0.29) is 0 Å². The fourth-order valence-corrected chi connectivity index (χ4v) is 1.63. The third-order valence-corrected chi connectivity index (χ3v) is 2.51. The molecule has 0 saturated carbocycles. The molecule has 88 valence electrons. The van der Waals surface area contributed by atoms with Crippen LogP contribution in [0.1, 0.15) is 17.4 Å². The Morgan fingerprint density at radius 2 is 2.24 bits per heavy atom. The van der Waals surface area contributed by atoms with Gasteiger partial charge < -0.3 is 9.84 Å². The Kier molecular flexibility index (Phi) is 3.67. The minimum absolute atomic E-state index is 0.508. The average Bonchev–Trinajstić information content (AvgIpc) is 2.40. The highest BCUT2D eigenvalue weighted by molar-refractivity contribution is 5.29. The molecule has 17 heavy (non-hydrogen) atoms. The van der Waals surface area contributed by atoms with Gasteiger partial charge in [0.05, 0.1) is 12.8 Å². The highest BCUT2D eigenvalue weighted by Gasteiger charge is 2.09. The summed E-state index contributed by atoms with van der Waals surface area (Å²) >= 11 is 0. The van der Waals surface area contributed by atoms with Gasteiger partial charge in [-0.1, -0.05) is 12.1 Å². The first-order valence-electron chi connectivity index (χ1n) is 5.36. The van der Waals surface area contributed by atoms with Crippen molar-refractivity contribution >= 4 is 0 Å². The van der Waals surface area contributed by atoms with Crippen LogP contribution in [-0.2, 0) is 6.42 Å². The second-order valence-electron chi connectivity index (χ2n) is 3.71. The molecule has 1 N–H and O–H groups in total. The smallest absolute Gasteiger partial charge is 0.119 e. The van der Waals surface area contributed by atoms with Crippen LogP contribution in [0, 0.1) is 0 Å². The van der Waals surface area contributed by atoms with Gasteiger partial charge in [-0.15, -0.1) is 0 Å². The van der Waals surface area contributed by atoms with E-state index in [4.69, 9.17) is 4.74 Å². The Morgan fingerprint density at radius 3 is 2.94 bits per heavy atom. The van der Waals surface area contributed by atoms with E-state index < -0.39 is 6.10 Å². The number of benzene rings is 1. The van der Waals surface area contributed by atoms with Gasteiger partial charge in [0.2, 0.25) is 0 Å². The fourth-order valence-electron chi connectivity index (χ4n) is 1.63. The number of aliphatic hydroxyl groups excluding tert-OH is 1. The van der Waals surface area contributed by atoms with Crippen molar-refractivity contribution in [2.45, 2.75) is 12.5 Å². The van der Waals surface area contributed by atoms with Crippen molar-refractivity contribution in [1.82, 2.24) is 9.97 Å². The second-order valence-corrected chi connectivity index (χ2v) is 3.71. The molecule has 1 aromatic carbocycles. The molecule has 2 rings (SSSR count). The van der Waals surface area contributed by atoms with E-state index in [0.717, 1.165) is 11.3 Å². The van der Waals surface area contributed by atoms with Gasteiger partial charge in [0.25, 0.3) is 0 Å². The summed E-state index contributed by atoms with van der Waals surface area (Å²) in [5.74, 6) is 0.789. The number of methoxy groups -OCH3 is 1. The number of rotatable bonds is 4. The number of nitrogens with zero attached hydrogens (tertiary/aromatic N) is 2. The van der Waals surface area contributed by atoms with Gasteiger partial charge in [-0.2, -0.15) is 0 Å².